The van der Waals surface area contributed by atoms with Crippen molar-refractivity contribution >= 4 is 43.1 Å². The Kier molecular flexibility index (Phi) is 4.13. The monoisotopic (exact) mass is 314 g/mol. The summed E-state index contributed by atoms with van der Waals surface area (Å²) >= 11 is 3.38. The van der Waals surface area contributed by atoms with Crippen LogP contribution in [0.2, 0.25) is 0 Å². The minimum absolute atomic E-state index is 0.868. The van der Waals surface area contributed by atoms with Gasteiger partial charge in [-0.25, -0.2) is 9.97 Å². The van der Waals surface area contributed by atoms with E-state index in [9.17, 15) is 0 Å². The second-order valence-electron chi connectivity index (χ2n) is 4.39. The maximum atomic E-state index is 5.10. The number of nitrogens with zero attached hydrogens (tertiary/aromatic N) is 2. The van der Waals surface area contributed by atoms with Crippen LogP contribution < -0.4 is 4.74 Å². The van der Waals surface area contributed by atoms with Crippen molar-refractivity contribution in [2.45, 2.75) is 6.92 Å². The number of methoxy groups -OCH3 is 1. The molecule has 0 aliphatic rings. The Labute approximate surface area is 130 Å². The van der Waals surface area contributed by atoms with Crippen LogP contribution >= 0.6 is 22.7 Å². The van der Waals surface area contributed by atoms with Crippen LogP contribution in [0.3, 0.4) is 0 Å². The van der Waals surface area contributed by atoms with Crippen molar-refractivity contribution in [3.05, 3.63) is 53.0 Å². The standard InChI is InChI=1S/C9H9NOS.C7H5NS/c1-6-10-8-5-7(11-2)3-4-9(8)12-6;1-2-4-7-6(3-1)8-5-9-7/h3-5H,1-2H3;1-5H. The molecule has 3 nitrogen and oxygen atoms in total. The van der Waals surface area contributed by atoms with Crippen LogP contribution in [0.1, 0.15) is 5.01 Å². The molecule has 0 aliphatic carbocycles. The molecule has 0 unspecified atom stereocenters. The van der Waals surface area contributed by atoms with Gasteiger partial charge in [-0.3, -0.25) is 0 Å². The Morgan fingerprint density at radius 2 is 1.86 bits per heavy atom. The molecule has 0 aliphatic heterocycles. The van der Waals surface area contributed by atoms with Crippen LogP contribution in [-0.2, 0) is 0 Å². The number of hydrogen-bond acceptors (Lipinski definition) is 5. The molecule has 2 aromatic carbocycles. The van der Waals surface area contributed by atoms with Gasteiger partial charge in [-0.15, -0.1) is 22.7 Å². The fourth-order valence-corrected chi connectivity index (χ4v) is 3.44. The Bertz CT molecular complexity index is 837. The van der Waals surface area contributed by atoms with Crippen molar-refractivity contribution < 1.29 is 4.74 Å². The number of rotatable bonds is 1. The first-order chi connectivity index (χ1) is 10.3. The summed E-state index contributed by atoms with van der Waals surface area (Å²) in [6, 6.07) is 14.1. The molecule has 0 atom stereocenters. The van der Waals surface area contributed by atoms with Crippen molar-refractivity contribution in [1.29, 1.82) is 0 Å². The van der Waals surface area contributed by atoms with Crippen LogP contribution in [0.25, 0.3) is 20.4 Å². The number of thiazole rings is 2. The Morgan fingerprint density at radius 1 is 1.00 bits per heavy atom. The molecule has 0 saturated heterocycles. The van der Waals surface area contributed by atoms with Gasteiger partial charge < -0.3 is 4.74 Å². The third kappa shape index (κ3) is 3.20. The largest absolute Gasteiger partial charge is 0.497 e. The molecule has 0 amide bonds. The summed E-state index contributed by atoms with van der Waals surface area (Å²) in [6.07, 6.45) is 0. The maximum Gasteiger partial charge on any atom is 0.121 e. The van der Waals surface area contributed by atoms with Gasteiger partial charge in [0.15, 0.2) is 0 Å². The number of hydrogen-bond donors (Lipinski definition) is 0. The molecule has 5 heteroatoms. The molecule has 2 heterocycles. The lowest BCUT2D eigenvalue weighted by Crippen LogP contribution is -1.80. The smallest absolute Gasteiger partial charge is 0.121 e. The summed E-state index contributed by atoms with van der Waals surface area (Å²) < 4.78 is 7.57. The third-order valence-electron chi connectivity index (χ3n) is 2.94. The third-order valence-corrected chi connectivity index (χ3v) is 4.70. The van der Waals surface area contributed by atoms with Gasteiger partial charge in [0.1, 0.15) is 5.75 Å². The first-order valence-corrected chi connectivity index (χ1v) is 8.15. The highest BCUT2D eigenvalue weighted by Crippen LogP contribution is 2.25. The van der Waals surface area contributed by atoms with Crippen LogP contribution in [-0.4, -0.2) is 17.1 Å². The molecule has 0 bridgehead atoms. The molecule has 0 N–H and O–H groups in total. The highest BCUT2D eigenvalue weighted by Gasteiger charge is 2.00. The zero-order chi connectivity index (χ0) is 14.7. The zero-order valence-corrected chi connectivity index (χ0v) is 13.4. The lowest BCUT2D eigenvalue weighted by Gasteiger charge is -1.96. The molecule has 21 heavy (non-hydrogen) atoms. The SMILES string of the molecule is COc1ccc2sc(C)nc2c1.c1ccc2scnc2c1. The molecule has 0 spiro atoms. The number of ether oxygens (including phenoxy) is 1. The van der Waals surface area contributed by atoms with Crippen molar-refractivity contribution in [2.75, 3.05) is 7.11 Å². The van der Waals surface area contributed by atoms with Gasteiger partial charge >= 0.3 is 0 Å². The van der Waals surface area contributed by atoms with Crippen LogP contribution in [0, 0.1) is 6.92 Å². The van der Waals surface area contributed by atoms with E-state index < -0.39 is 0 Å². The van der Waals surface area contributed by atoms with Gasteiger partial charge in [-0.2, -0.15) is 0 Å². The van der Waals surface area contributed by atoms with Gasteiger partial charge in [-0.1, -0.05) is 12.1 Å². The molecule has 2 aromatic heterocycles. The zero-order valence-electron chi connectivity index (χ0n) is 11.7. The predicted molar refractivity (Wildman–Crippen MR) is 90.5 cm³/mol. The van der Waals surface area contributed by atoms with E-state index in [1.54, 1.807) is 29.8 Å². The normalized spacial score (nSPS) is 10.4. The number of fused-ring (bicyclic) bond motifs is 2. The molecular formula is C16H14N2OS2. The minimum Gasteiger partial charge on any atom is -0.497 e. The van der Waals surface area contributed by atoms with Crippen molar-refractivity contribution in [3.63, 3.8) is 0 Å². The predicted octanol–water partition coefficient (Wildman–Crippen LogP) is 4.91. The van der Waals surface area contributed by atoms with Crippen molar-refractivity contribution in [2.24, 2.45) is 0 Å². The summed E-state index contributed by atoms with van der Waals surface area (Å²) in [5.74, 6) is 0.868. The lowest BCUT2D eigenvalue weighted by molar-refractivity contribution is 0.415. The van der Waals surface area contributed by atoms with E-state index >= 15 is 0 Å². The van der Waals surface area contributed by atoms with E-state index in [4.69, 9.17) is 4.74 Å². The topological polar surface area (TPSA) is 35.0 Å². The average Bonchev–Trinajstić information content (AvgIpc) is 3.11. The molecular weight excluding hydrogens is 300 g/mol. The van der Waals surface area contributed by atoms with Gasteiger partial charge in [0.2, 0.25) is 0 Å². The summed E-state index contributed by atoms with van der Waals surface area (Å²) in [5.41, 5.74) is 3.99. The second-order valence-corrected chi connectivity index (χ2v) is 6.51. The Morgan fingerprint density at radius 3 is 2.67 bits per heavy atom. The highest BCUT2D eigenvalue weighted by atomic mass is 32.1. The Balaban J connectivity index is 0.000000131. The lowest BCUT2D eigenvalue weighted by atomic mass is 10.3. The average molecular weight is 314 g/mol. The number of aromatic nitrogens is 2. The molecule has 4 aromatic rings. The van der Waals surface area contributed by atoms with Crippen molar-refractivity contribution in [1.82, 2.24) is 9.97 Å². The van der Waals surface area contributed by atoms with E-state index in [1.807, 2.05) is 48.8 Å². The summed E-state index contributed by atoms with van der Waals surface area (Å²) in [7, 11) is 1.67. The second kappa shape index (κ2) is 6.20. The Hall–Kier alpha value is -1.98. The summed E-state index contributed by atoms with van der Waals surface area (Å²) in [6.45, 7) is 2.01. The van der Waals surface area contributed by atoms with E-state index in [2.05, 4.69) is 16.0 Å². The van der Waals surface area contributed by atoms with E-state index in [0.717, 1.165) is 21.8 Å². The molecule has 0 saturated carbocycles. The molecule has 4 rings (SSSR count). The van der Waals surface area contributed by atoms with Crippen LogP contribution in [0.4, 0.5) is 0 Å². The highest BCUT2D eigenvalue weighted by molar-refractivity contribution is 7.18. The van der Waals surface area contributed by atoms with Crippen molar-refractivity contribution in [3.8, 4) is 5.75 Å². The number of para-hydroxylation sites is 1. The summed E-state index contributed by atoms with van der Waals surface area (Å²) in [4.78, 5) is 8.50. The molecule has 0 fully saturated rings. The maximum absolute atomic E-state index is 5.10. The molecule has 0 radical (unpaired) electrons. The van der Waals surface area contributed by atoms with Gasteiger partial charge in [0.05, 0.1) is 38.1 Å². The number of benzene rings is 2. The van der Waals surface area contributed by atoms with Crippen LogP contribution in [0.5, 0.6) is 5.75 Å². The van der Waals surface area contributed by atoms with E-state index in [1.165, 1.54) is 9.40 Å². The fourth-order valence-electron chi connectivity index (χ4n) is 1.95. The molecule has 106 valence electrons. The van der Waals surface area contributed by atoms with Gasteiger partial charge in [-0.05, 0) is 31.2 Å². The van der Waals surface area contributed by atoms with Gasteiger partial charge in [0.25, 0.3) is 0 Å². The summed E-state index contributed by atoms with van der Waals surface area (Å²) in [5, 5.41) is 1.10. The quantitative estimate of drug-likeness (QED) is 0.501. The minimum atomic E-state index is 0.868. The fraction of sp³-hybridized carbons (Fsp3) is 0.125. The van der Waals surface area contributed by atoms with E-state index in [0.29, 0.717) is 0 Å². The van der Waals surface area contributed by atoms with Crippen LogP contribution in [0.15, 0.2) is 48.0 Å². The number of aryl methyl sites for hydroxylation is 1. The first kappa shape index (κ1) is 14.0. The first-order valence-electron chi connectivity index (χ1n) is 6.45. The van der Waals surface area contributed by atoms with E-state index in [-0.39, 0.29) is 0 Å². The van der Waals surface area contributed by atoms with Gasteiger partial charge in [0, 0.05) is 6.07 Å².